The Kier molecular flexibility index (Phi) is 2.98. The molecule has 2 aromatic carbocycles. The second kappa shape index (κ2) is 4.66. The molecular formula is C15H16N2O2. The van der Waals surface area contributed by atoms with Crippen LogP contribution in [0.25, 0.3) is 0 Å². The van der Waals surface area contributed by atoms with Crippen molar-refractivity contribution in [1.82, 2.24) is 0 Å². The number of aliphatic hydroxyl groups excluding tert-OH is 2. The fraction of sp³-hybridized carbons (Fsp3) is 0.200. The largest absolute Gasteiger partial charge is 0.388 e. The summed E-state index contributed by atoms with van der Waals surface area (Å²) in [6, 6.07) is 15.1. The van der Waals surface area contributed by atoms with E-state index in [9.17, 15) is 10.2 Å². The smallest absolute Gasteiger partial charge is 0.185 e. The lowest BCUT2D eigenvalue weighted by atomic mass is 10.0. The van der Waals surface area contributed by atoms with Gasteiger partial charge in [0.1, 0.15) is 0 Å². The topological polar surface area (TPSA) is 69.7 Å². The molecule has 0 bridgehead atoms. The van der Waals surface area contributed by atoms with Gasteiger partial charge in [0.25, 0.3) is 0 Å². The minimum absolute atomic E-state index is 0.510. The normalized spacial score (nSPS) is 19.3. The SMILES string of the molecule is NC(O)N1c2ccccc2CC(O)c2ccccc21. The first kappa shape index (κ1) is 12.2. The van der Waals surface area contributed by atoms with Crippen LogP contribution in [0.1, 0.15) is 17.2 Å². The van der Waals surface area contributed by atoms with Crippen molar-refractivity contribution in [3.63, 3.8) is 0 Å². The van der Waals surface area contributed by atoms with E-state index in [0.29, 0.717) is 6.42 Å². The van der Waals surface area contributed by atoms with E-state index in [4.69, 9.17) is 5.73 Å². The molecule has 4 N–H and O–H groups in total. The monoisotopic (exact) mass is 256 g/mol. The zero-order valence-electron chi connectivity index (χ0n) is 10.4. The summed E-state index contributed by atoms with van der Waals surface area (Å²) in [5.41, 5.74) is 9.04. The Morgan fingerprint density at radius 1 is 1.05 bits per heavy atom. The van der Waals surface area contributed by atoms with Gasteiger partial charge in [-0.2, -0.15) is 0 Å². The Hall–Kier alpha value is -1.88. The Balaban J connectivity index is 2.25. The maximum absolute atomic E-state index is 10.3. The lowest BCUT2D eigenvalue weighted by Gasteiger charge is -2.29. The van der Waals surface area contributed by atoms with Crippen LogP contribution < -0.4 is 10.6 Å². The molecule has 0 saturated carbocycles. The summed E-state index contributed by atoms with van der Waals surface area (Å²) in [7, 11) is 0. The van der Waals surface area contributed by atoms with Gasteiger partial charge in [-0.1, -0.05) is 36.4 Å². The standard InChI is InChI=1S/C15H16N2O2/c16-15(19)17-12-7-3-1-5-10(12)9-14(18)11-6-2-4-8-13(11)17/h1-8,14-15,18-19H,9,16H2. The van der Waals surface area contributed by atoms with Crippen LogP contribution in [-0.2, 0) is 6.42 Å². The van der Waals surface area contributed by atoms with Gasteiger partial charge in [0.15, 0.2) is 6.35 Å². The van der Waals surface area contributed by atoms with Crippen molar-refractivity contribution >= 4 is 11.4 Å². The van der Waals surface area contributed by atoms with E-state index in [2.05, 4.69) is 0 Å². The van der Waals surface area contributed by atoms with Crippen molar-refractivity contribution in [1.29, 1.82) is 0 Å². The first-order valence-corrected chi connectivity index (χ1v) is 6.26. The average molecular weight is 256 g/mol. The molecule has 1 aliphatic rings. The number of anilines is 2. The van der Waals surface area contributed by atoms with E-state index in [-0.39, 0.29) is 0 Å². The zero-order chi connectivity index (χ0) is 13.4. The molecule has 0 radical (unpaired) electrons. The van der Waals surface area contributed by atoms with Crippen molar-refractivity contribution in [3.05, 3.63) is 59.7 Å². The fourth-order valence-electron chi connectivity index (χ4n) is 2.64. The van der Waals surface area contributed by atoms with E-state index >= 15 is 0 Å². The molecular weight excluding hydrogens is 240 g/mol. The van der Waals surface area contributed by atoms with Crippen LogP contribution in [0.15, 0.2) is 48.5 Å². The fourth-order valence-corrected chi connectivity index (χ4v) is 2.64. The second-order valence-electron chi connectivity index (χ2n) is 4.69. The van der Waals surface area contributed by atoms with Gasteiger partial charge in [0.2, 0.25) is 0 Å². The molecule has 1 heterocycles. The minimum atomic E-state index is -1.15. The number of hydrogen-bond acceptors (Lipinski definition) is 4. The van der Waals surface area contributed by atoms with Gasteiger partial charge >= 0.3 is 0 Å². The molecule has 19 heavy (non-hydrogen) atoms. The van der Waals surface area contributed by atoms with Gasteiger partial charge in [-0.05, 0) is 17.7 Å². The van der Waals surface area contributed by atoms with Crippen LogP contribution in [-0.4, -0.2) is 16.6 Å². The molecule has 98 valence electrons. The average Bonchev–Trinajstić information content (AvgIpc) is 2.53. The third kappa shape index (κ3) is 2.00. The minimum Gasteiger partial charge on any atom is -0.388 e. The first-order valence-electron chi connectivity index (χ1n) is 6.26. The van der Waals surface area contributed by atoms with Crippen LogP contribution >= 0.6 is 0 Å². The van der Waals surface area contributed by atoms with Crippen molar-refractivity contribution in [2.45, 2.75) is 18.9 Å². The summed E-state index contributed by atoms with van der Waals surface area (Å²) in [5.74, 6) is 0. The lowest BCUT2D eigenvalue weighted by Crippen LogP contribution is -2.38. The Labute approximate surface area is 111 Å². The summed E-state index contributed by atoms with van der Waals surface area (Å²) >= 11 is 0. The van der Waals surface area contributed by atoms with E-state index in [1.807, 2.05) is 48.5 Å². The number of hydrogen-bond donors (Lipinski definition) is 3. The third-order valence-corrected chi connectivity index (χ3v) is 3.48. The number of rotatable bonds is 1. The molecule has 0 fully saturated rings. The van der Waals surface area contributed by atoms with Crippen molar-refractivity contribution in [2.75, 3.05) is 4.90 Å². The van der Waals surface area contributed by atoms with E-state index in [1.165, 1.54) is 0 Å². The Bertz CT molecular complexity index is 598. The third-order valence-electron chi connectivity index (χ3n) is 3.48. The molecule has 3 rings (SSSR count). The van der Waals surface area contributed by atoms with Gasteiger partial charge in [-0.25, -0.2) is 0 Å². The Morgan fingerprint density at radius 2 is 1.68 bits per heavy atom. The maximum atomic E-state index is 10.3. The number of para-hydroxylation sites is 2. The lowest BCUT2D eigenvalue weighted by molar-refractivity contribution is 0.178. The summed E-state index contributed by atoms with van der Waals surface area (Å²) in [4.78, 5) is 1.65. The highest BCUT2D eigenvalue weighted by Crippen LogP contribution is 2.40. The Morgan fingerprint density at radius 3 is 2.42 bits per heavy atom. The molecule has 2 atom stereocenters. The highest BCUT2D eigenvalue weighted by molar-refractivity contribution is 5.71. The van der Waals surface area contributed by atoms with Crippen molar-refractivity contribution in [3.8, 4) is 0 Å². The molecule has 2 unspecified atom stereocenters. The quantitative estimate of drug-likeness (QED) is 0.679. The van der Waals surface area contributed by atoms with Crippen LogP contribution in [0.2, 0.25) is 0 Å². The van der Waals surface area contributed by atoms with Crippen molar-refractivity contribution < 1.29 is 10.2 Å². The number of nitrogens with zero attached hydrogens (tertiary/aromatic N) is 1. The van der Waals surface area contributed by atoms with Gasteiger partial charge in [-0.15, -0.1) is 0 Å². The highest BCUT2D eigenvalue weighted by Gasteiger charge is 2.27. The predicted octanol–water partition coefficient (Wildman–Crippen LogP) is 1.65. The molecule has 0 spiro atoms. The van der Waals surface area contributed by atoms with Gasteiger partial charge < -0.3 is 15.1 Å². The predicted molar refractivity (Wildman–Crippen MR) is 73.9 cm³/mol. The summed E-state index contributed by atoms with van der Waals surface area (Å²) in [6.07, 6.45) is -1.23. The molecule has 2 aromatic rings. The van der Waals surface area contributed by atoms with Gasteiger partial charge in [-0.3, -0.25) is 5.73 Å². The molecule has 4 nitrogen and oxygen atoms in total. The zero-order valence-corrected chi connectivity index (χ0v) is 10.4. The molecule has 0 amide bonds. The molecule has 1 aliphatic heterocycles. The highest BCUT2D eigenvalue weighted by atomic mass is 16.3. The number of benzene rings is 2. The number of aliphatic hydroxyl groups is 2. The molecule has 0 aromatic heterocycles. The molecule has 0 saturated heterocycles. The summed E-state index contributed by atoms with van der Waals surface area (Å²) in [5, 5.41) is 20.2. The van der Waals surface area contributed by atoms with E-state index < -0.39 is 12.5 Å². The van der Waals surface area contributed by atoms with Crippen LogP contribution in [0.5, 0.6) is 0 Å². The van der Waals surface area contributed by atoms with Gasteiger partial charge in [0, 0.05) is 17.7 Å². The van der Waals surface area contributed by atoms with E-state index in [1.54, 1.807) is 4.90 Å². The second-order valence-corrected chi connectivity index (χ2v) is 4.69. The van der Waals surface area contributed by atoms with Crippen LogP contribution in [0.4, 0.5) is 11.4 Å². The molecule has 0 aliphatic carbocycles. The van der Waals surface area contributed by atoms with Crippen molar-refractivity contribution in [2.24, 2.45) is 5.73 Å². The summed E-state index contributed by atoms with van der Waals surface area (Å²) in [6.45, 7) is 0. The summed E-state index contributed by atoms with van der Waals surface area (Å²) < 4.78 is 0. The number of nitrogens with two attached hydrogens (primary N) is 1. The number of fused-ring (bicyclic) bond motifs is 2. The molecule has 4 heteroatoms. The van der Waals surface area contributed by atoms with Crippen LogP contribution in [0, 0.1) is 0 Å². The van der Waals surface area contributed by atoms with Gasteiger partial charge in [0.05, 0.1) is 11.8 Å². The van der Waals surface area contributed by atoms with E-state index in [0.717, 1.165) is 22.5 Å². The first-order chi connectivity index (χ1) is 9.18. The maximum Gasteiger partial charge on any atom is 0.185 e. The van der Waals surface area contributed by atoms with Crippen LogP contribution in [0.3, 0.4) is 0 Å².